The lowest BCUT2D eigenvalue weighted by Gasteiger charge is -2.27. The molecule has 0 saturated carbocycles. The summed E-state index contributed by atoms with van der Waals surface area (Å²) in [5, 5.41) is 5.31. The average molecular weight is 450 g/mol. The number of anilines is 1. The fourth-order valence-electron chi connectivity index (χ4n) is 3.21. The van der Waals surface area contributed by atoms with Crippen molar-refractivity contribution in [1.82, 2.24) is 10.2 Å². The van der Waals surface area contributed by atoms with Crippen molar-refractivity contribution in [3.63, 3.8) is 0 Å². The zero-order chi connectivity index (χ0) is 24.8. The molecule has 0 aliphatic carbocycles. The molecule has 0 aliphatic rings. The third-order valence-corrected chi connectivity index (χ3v) is 4.82. The van der Waals surface area contributed by atoms with Gasteiger partial charge in [-0.1, -0.05) is 54.5 Å². The van der Waals surface area contributed by atoms with E-state index >= 15 is 0 Å². The fourth-order valence-corrected chi connectivity index (χ4v) is 3.21. The lowest BCUT2D eigenvalue weighted by Crippen LogP contribution is -2.44. The van der Waals surface area contributed by atoms with Crippen LogP contribution >= 0.6 is 0 Å². The van der Waals surface area contributed by atoms with Crippen molar-refractivity contribution >= 4 is 23.6 Å². The van der Waals surface area contributed by atoms with Gasteiger partial charge in [0.25, 0.3) is 11.8 Å². The summed E-state index contributed by atoms with van der Waals surface area (Å²) in [6.07, 6.45) is 4.92. The summed E-state index contributed by atoms with van der Waals surface area (Å²) in [7, 11) is 0. The van der Waals surface area contributed by atoms with Gasteiger partial charge in [-0.3, -0.25) is 14.5 Å². The highest BCUT2D eigenvalue weighted by Crippen LogP contribution is 2.26. The molecule has 174 valence electrons. The highest BCUT2D eigenvalue weighted by molar-refractivity contribution is 5.99. The minimum atomic E-state index is -1.09. The summed E-state index contributed by atoms with van der Waals surface area (Å²) >= 11 is 0. The predicted molar refractivity (Wildman–Crippen MR) is 128 cm³/mol. The van der Waals surface area contributed by atoms with E-state index in [4.69, 9.17) is 11.2 Å². The molecule has 0 aliphatic heterocycles. The number of alkyl carbamates (subject to hydrolysis) is 1. The Kier molecular flexibility index (Phi) is 8.25. The maximum Gasteiger partial charge on any atom is 0.408 e. The van der Waals surface area contributed by atoms with Crippen molar-refractivity contribution in [2.45, 2.75) is 53.2 Å². The SMILES string of the molecule is C#CN(C(=O)CNC(=O)OC(C)(C)C)C(C(=O)Nc1c(C)cccc1C)c1ccc(C)cc1. The first-order valence-electron chi connectivity index (χ1n) is 10.6. The van der Waals surface area contributed by atoms with Crippen molar-refractivity contribution in [3.8, 4) is 12.5 Å². The van der Waals surface area contributed by atoms with Gasteiger partial charge in [-0.2, -0.15) is 0 Å². The summed E-state index contributed by atoms with van der Waals surface area (Å²) < 4.78 is 5.16. The number of terminal acetylenes is 1. The molecule has 0 aromatic heterocycles. The zero-order valence-electron chi connectivity index (χ0n) is 20.0. The minimum Gasteiger partial charge on any atom is -0.444 e. The molecule has 0 spiro atoms. The van der Waals surface area contributed by atoms with E-state index in [1.165, 1.54) is 0 Å². The molecule has 0 fully saturated rings. The first-order chi connectivity index (χ1) is 15.4. The number of rotatable bonds is 6. The second kappa shape index (κ2) is 10.7. The number of nitrogens with one attached hydrogen (secondary N) is 2. The quantitative estimate of drug-likeness (QED) is 0.510. The molecule has 33 heavy (non-hydrogen) atoms. The summed E-state index contributed by atoms with van der Waals surface area (Å²) in [6, 6.07) is 14.1. The lowest BCUT2D eigenvalue weighted by molar-refractivity contribution is -0.134. The summed E-state index contributed by atoms with van der Waals surface area (Å²) in [6.45, 7) is 10.4. The van der Waals surface area contributed by atoms with Crippen molar-refractivity contribution < 1.29 is 19.1 Å². The lowest BCUT2D eigenvalue weighted by atomic mass is 10.0. The first-order valence-corrected chi connectivity index (χ1v) is 10.6. The maximum atomic E-state index is 13.4. The second-order valence-corrected chi connectivity index (χ2v) is 8.82. The number of nitrogens with zero attached hydrogens (tertiary/aromatic N) is 1. The van der Waals surface area contributed by atoms with E-state index in [1.54, 1.807) is 32.9 Å². The van der Waals surface area contributed by atoms with Gasteiger partial charge in [0.05, 0.1) is 0 Å². The number of benzene rings is 2. The smallest absolute Gasteiger partial charge is 0.408 e. The molecule has 1 atom stereocenters. The maximum absolute atomic E-state index is 13.4. The molecule has 2 N–H and O–H groups in total. The topological polar surface area (TPSA) is 87.7 Å². The molecule has 1 unspecified atom stereocenters. The molecule has 7 heteroatoms. The number of carbonyl (C=O) groups is 3. The molecule has 0 bridgehead atoms. The molecular weight excluding hydrogens is 418 g/mol. The third-order valence-electron chi connectivity index (χ3n) is 4.82. The van der Waals surface area contributed by atoms with Gasteiger partial charge in [0.1, 0.15) is 18.2 Å². The van der Waals surface area contributed by atoms with E-state index in [0.717, 1.165) is 21.6 Å². The third kappa shape index (κ3) is 7.11. The van der Waals surface area contributed by atoms with Crippen LogP contribution in [0.15, 0.2) is 42.5 Å². The molecule has 0 radical (unpaired) electrons. The normalized spacial score (nSPS) is 11.7. The van der Waals surface area contributed by atoms with Crippen LogP contribution in [0.5, 0.6) is 0 Å². The van der Waals surface area contributed by atoms with Crippen LogP contribution in [0, 0.1) is 33.2 Å². The van der Waals surface area contributed by atoms with E-state index in [-0.39, 0.29) is 0 Å². The number of ether oxygens (including phenoxy) is 1. The minimum absolute atomic E-state index is 0.419. The molecule has 0 saturated heterocycles. The Bertz CT molecular complexity index is 1040. The number of carbonyl (C=O) groups excluding carboxylic acids is 3. The van der Waals surface area contributed by atoms with E-state index < -0.39 is 36.1 Å². The van der Waals surface area contributed by atoms with Crippen LogP contribution in [0.3, 0.4) is 0 Å². The molecule has 3 amide bonds. The Hall–Kier alpha value is -3.79. The van der Waals surface area contributed by atoms with Gasteiger partial charge in [0, 0.05) is 11.7 Å². The molecular formula is C26H31N3O4. The van der Waals surface area contributed by atoms with Gasteiger partial charge in [-0.25, -0.2) is 4.79 Å². The van der Waals surface area contributed by atoms with Crippen molar-refractivity contribution in [2.75, 3.05) is 11.9 Å². The number of para-hydroxylation sites is 1. The molecule has 2 rings (SSSR count). The van der Waals surface area contributed by atoms with Gasteiger partial charge in [-0.05, 0) is 58.2 Å². The van der Waals surface area contributed by atoms with Crippen LogP contribution < -0.4 is 10.6 Å². The molecule has 0 heterocycles. The van der Waals surface area contributed by atoms with Crippen LogP contribution in [-0.2, 0) is 14.3 Å². The van der Waals surface area contributed by atoms with Crippen molar-refractivity contribution in [2.24, 2.45) is 0 Å². The highest BCUT2D eigenvalue weighted by atomic mass is 16.6. The first kappa shape index (κ1) is 25.5. The summed E-state index contributed by atoms with van der Waals surface area (Å²) in [5.74, 6) is -1.08. The Morgan fingerprint density at radius 2 is 1.61 bits per heavy atom. The van der Waals surface area contributed by atoms with Gasteiger partial charge in [-0.15, -0.1) is 0 Å². The monoisotopic (exact) mass is 449 g/mol. The summed E-state index contributed by atoms with van der Waals surface area (Å²) in [5.41, 5.74) is 3.27. The second-order valence-electron chi connectivity index (χ2n) is 8.82. The van der Waals surface area contributed by atoms with Crippen LogP contribution in [0.2, 0.25) is 0 Å². The van der Waals surface area contributed by atoms with Gasteiger partial charge in [0.15, 0.2) is 0 Å². The van der Waals surface area contributed by atoms with Crippen LogP contribution in [-0.4, -0.2) is 35.0 Å². The van der Waals surface area contributed by atoms with Crippen LogP contribution in [0.25, 0.3) is 0 Å². The Balaban J connectivity index is 2.32. The van der Waals surface area contributed by atoms with Gasteiger partial charge < -0.3 is 15.4 Å². The molecule has 7 nitrogen and oxygen atoms in total. The zero-order valence-corrected chi connectivity index (χ0v) is 20.0. The number of amides is 3. The Morgan fingerprint density at radius 3 is 2.12 bits per heavy atom. The molecule has 2 aromatic carbocycles. The van der Waals surface area contributed by atoms with Crippen molar-refractivity contribution in [1.29, 1.82) is 0 Å². The number of hydrogen-bond acceptors (Lipinski definition) is 4. The van der Waals surface area contributed by atoms with E-state index in [1.807, 2.05) is 51.1 Å². The van der Waals surface area contributed by atoms with E-state index in [9.17, 15) is 14.4 Å². The summed E-state index contributed by atoms with van der Waals surface area (Å²) in [4.78, 5) is 39.3. The van der Waals surface area contributed by atoms with Crippen molar-refractivity contribution in [3.05, 3.63) is 64.7 Å². The number of hydrogen-bond donors (Lipinski definition) is 2. The largest absolute Gasteiger partial charge is 0.444 e. The standard InChI is InChI=1S/C26H31N3O4/c1-8-29(21(30)16-27-25(32)33-26(5,6)7)23(20-14-12-17(2)13-15-20)24(31)28-22-18(3)10-9-11-19(22)4/h1,9-15,23H,16H2,2-7H3,(H,27,32)(H,28,31). The molecule has 2 aromatic rings. The van der Waals surface area contributed by atoms with Gasteiger partial charge >= 0.3 is 6.09 Å². The van der Waals surface area contributed by atoms with E-state index in [0.29, 0.717) is 11.3 Å². The fraction of sp³-hybridized carbons (Fsp3) is 0.346. The van der Waals surface area contributed by atoms with Crippen LogP contribution in [0.4, 0.5) is 10.5 Å². The predicted octanol–water partition coefficient (Wildman–Crippen LogP) is 4.24. The van der Waals surface area contributed by atoms with Crippen LogP contribution in [0.1, 0.15) is 49.1 Å². The van der Waals surface area contributed by atoms with Gasteiger partial charge in [0.2, 0.25) is 0 Å². The Labute approximate surface area is 195 Å². The highest BCUT2D eigenvalue weighted by Gasteiger charge is 2.31. The Morgan fingerprint density at radius 1 is 1.03 bits per heavy atom. The van der Waals surface area contributed by atoms with E-state index in [2.05, 4.69) is 16.7 Å². The average Bonchev–Trinajstić information content (AvgIpc) is 2.72. The number of aryl methyl sites for hydroxylation is 3.